The Morgan fingerprint density at radius 3 is 2.23 bits per heavy atom. The van der Waals surface area contributed by atoms with Crippen LogP contribution in [0.2, 0.25) is 0 Å². The Kier molecular flexibility index (Phi) is 4.01. The molecular weight excluding hydrogens is 210 g/mol. The minimum atomic E-state index is -2.82. The van der Waals surface area contributed by atoms with Gasteiger partial charge in [0.05, 0.1) is 5.25 Å². The van der Waals surface area contributed by atoms with Crippen molar-refractivity contribution in [2.24, 2.45) is 5.92 Å². The summed E-state index contributed by atoms with van der Waals surface area (Å²) in [6.07, 6.45) is 4.86. The van der Waals surface area contributed by atoms with Crippen molar-refractivity contribution in [1.82, 2.24) is 4.84 Å². The standard InChI is InChI=1S/C8H16ClNO2S/c1-13(11,12)8-4-2-7(3-5-8)6-10-9/h7-8,10H,2-6H2,1H3/t7-,8-. The van der Waals surface area contributed by atoms with Crippen LogP contribution in [-0.2, 0) is 9.84 Å². The topological polar surface area (TPSA) is 46.2 Å². The van der Waals surface area contributed by atoms with Crippen LogP contribution in [0, 0.1) is 5.92 Å². The predicted molar refractivity (Wildman–Crippen MR) is 54.4 cm³/mol. The van der Waals surface area contributed by atoms with Crippen LogP contribution in [0.1, 0.15) is 25.7 Å². The van der Waals surface area contributed by atoms with Gasteiger partial charge in [-0.05, 0) is 43.4 Å². The number of rotatable bonds is 3. The lowest BCUT2D eigenvalue weighted by Gasteiger charge is -2.26. The Bertz CT molecular complexity index is 245. The summed E-state index contributed by atoms with van der Waals surface area (Å²) in [5, 5.41) is -0.112. The monoisotopic (exact) mass is 225 g/mol. The molecule has 0 aromatic heterocycles. The van der Waals surface area contributed by atoms with Crippen LogP contribution in [0.3, 0.4) is 0 Å². The van der Waals surface area contributed by atoms with E-state index in [1.54, 1.807) is 0 Å². The van der Waals surface area contributed by atoms with Gasteiger partial charge in [-0.2, -0.15) is 0 Å². The highest BCUT2D eigenvalue weighted by molar-refractivity contribution is 7.91. The molecule has 0 saturated heterocycles. The third-order valence-corrected chi connectivity index (χ3v) is 4.60. The fourth-order valence-corrected chi connectivity index (χ4v) is 3.22. The summed E-state index contributed by atoms with van der Waals surface area (Å²) in [5.41, 5.74) is 0. The molecule has 0 aromatic rings. The van der Waals surface area contributed by atoms with Gasteiger partial charge < -0.3 is 0 Å². The van der Waals surface area contributed by atoms with E-state index in [9.17, 15) is 8.42 Å². The zero-order chi connectivity index (χ0) is 9.90. The molecule has 3 nitrogen and oxygen atoms in total. The molecular formula is C8H16ClNO2S. The van der Waals surface area contributed by atoms with Gasteiger partial charge in [0.25, 0.3) is 0 Å². The zero-order valence-electron chi connectivity index (χ0n) is 7.79. The van der Waals surface area contributed by atoms with Gasteiger partial charge >= 0.3 is 0 Å². The van der Waals surface area contributed by atoms with Crippen molar-refractivity contribution in [2.75, 3.05) is 12.8 Å². The van der Waals surface area contributed by atoms with E-state index in [4.69, 9.17) is 11.8 Å². The molecule has 0 atom stereocenters. The van der Waals surface area contributed by atoms with E-state index in [1.165, 1.54) is 6.26 Å². The molecule has 1 aliphatic carbocycles. The van der Waals surface area contributed by atoms with Gasteiger partial charge in [-0.1, -0.05) is 0 Å². The minimum absolute atomic E-state index is 0.112. The van der Waals surface area contributed by atoms with Crippen LogP contribution >= 0.6 is 11.8 Å². The summed E-state index contributed by atoms with van der Waals surface area (Å²) in [7, 11) is -2.82. The van der Waals surface area contributed by atoms with Crippen LogP contribution in [0.4, 0.5) is 0 Å². The molecule has 78 valence electrons. The third kappa shape index (κ3) is 3.44. The van der Waals surface area contributed by atoms with E-state index < -0.39 is 9.84 Å². The minimum Gasteiger partial charge on any atom is -0.233 e. The van der Waals surface area contributed by atoms with E-state index in [-0.39, 0.29) is 5.25 Å². The van der Waals surface area contributed by atoms with Crippen LogP contribution in [-0.4, -0.2) is 26.5 Å². The number of nitrogens with one attached hydrogen (secondary N) is 1. The zero-order valence-corrected chi connectivity index (χ0v) is 9.37. The Hall–Kier alpha value is 0.200. The van der Waals surface area contributed by atoms with Crippen molar-refractivity contribution in [3.8, 4) is 0 Å². The normalized spacial score (nSPS) is 30.3. The Labute approximate surface area is 84.9 Å². The van der Waals surface area contributed by atoms with E-state index >= 15 is 0 Å². The van der Waals surface area contributed by atoms with Crippen molar-refractivity contribution >= 4 is 21.6 Å². The van der Waals surface area contributed by atoms with Gasteiger partial charge in [0, 0.05) is 12.8 Å². The number of sulfone groups is 1. The molecule has 1 saturated carbocycles. The van der Waals surface area contributed by atoms with Crippen molar-refractivity contribution in [3.63, 3.8) is 0 Å². The van der Waals surface area contributed by atoms with E-state index in [1.807, 2.05) is 0 Å². The molecule has 1 aliphatic rings. The molecule has 0 bridgehead atoms. The maximum atomic E-state index is 11.2. The number of halogens is 1. The van der Waals surface area contributed by atoms with E-state index in [0.29, 0.717) is 5.92 Å². The molecule has 0 heterocycles. The Balaban J connectivity index is 2.39. The lowest BCUT2D eigenvalue weighted by molar-refractivity contribution is 0.358. The third-order valence-electron chi connectivity index (χ3n) is 2.77. The van der Waals surface area contributed by atoms with Crippen LogP contribution in [0.15, 0.2) is 0 Å². The number of hydrogen-bond acceptors (Lipinski definition) is 3. The second-order valence-electron chi connectivity index (χ2n) is 3.81. The summed E-state index contributed by atoms with van der Waals surface area (Å²) < 4.78 is 22.4. The quantitative estimate of drug-likeness (QED) is 0.738. The SMILES string of the molecule is CS(=O)(=O)[C@H]1CC[C@H](CNCl)CC1. The fraction of sp³-hybridized carbons (Fsp3) is 1.00. The highest BCUT2D eigenvalue weighted by Gasteiger charge is 2.27. The number of hydrogen-bond donors (Lipinski definition) is 1. The highest BCUT2D eigenvalue weighted by Crippen LogP contribution is 2.27. The van der Waals surface area contributed by atoms with Crippen LogP contribution in [0.25, 0.3) is 0 Å². The molecule has 0 aliphatic heterocycles. The van der Waals surface area contributed by atoms with Gasteiger partial charge in [-0.3, -0.25) is 0 Å². The maximum absolute atomic E-state index is 11.2. The summed E-state index contributed by atoms with van der Waals surface area (Å²) in [4.78, 5) is 2.61. The summed E-state index contributed by atoms with van der Waals surface area (Å²) in [6.45, 7) is 0.790. The van der Waals surface area contributed by atoms with E-state index in [2.05, 4.69) is 4.84 Å². The van der Waals surface area contributed by atoms with Gasteiger partial charge in [-0.15, -0.1) is 0 Å². The van der Waals surface area contributed by atoms with Crippen molar-refractivity contribution in [1.29, 1.82) is 0 Å². The summed E-state index contributed by atoms with van der Waals surface area (Å²) in [6, 6.07) is 0. The second-order valence-corrected chi connectivity index (χ2v) is 6.40. The first-order valence-electron chi connectivity index (χ1n) is 4.56. The Morgan fingerprint density at radius 1 is 1.31 bits per heavy atom. The van der Waals surface area contributed by atoms with Gasteiger partial charge in [0.2, 0.25) is 0 Å². The first-order chi connectivity index (χ1) is 6.04. The predicted octanol–water partition coefficient (Wildman–Crippen LogP) is 1.33. The summed E-state index contributed by atoms with van der Waals surface area (Å²) in [5.74, 6) is 0.551. The van der Waals surface area contributed by atoms with Gasteiger partial charge in [0.1, 0.15) is 9.84 Å². The molecule has 0 unspecified atom stereocenters. The summed E-state index contributed by atoms with van der Waals surface area (Å²) >= 11 is 5.39. The molecule has 1 N–H and O–H groups in total. The lowest BCUT2D eigenvalue weighted by Crippen LogP contribution is -2.29. The average molecular weight is 226 g/mol. The second kappa shape index (κ2) is 4.62. The molecule has 13 heavy (non-hydrogen) atoms. The largest absolute Gasteiger partial charge is 0.233 e. The van der Waals surface area contributed by atoms with Crippen LogP contribution in [0.5, 0.6) is 0 Å². The maximum Gasteiger partial charge on any atom is 0.150 e. The van der Waals surface area contributed by atoms with Crippen molar-refractivity contribution in [3.05, 3.63) is 0 Å². The molecule has 0 spiro atoms. The average Bonchev–Trinajstić information content (AvgIpc) is 2.04. The molecule has 0 radical (unpaired) electrons. The highest BCUT2D eigenvalue weighted by atomic mass is 35.5. The molecule has 0 amide bonds. The first kappa shape index (κ1) is 11.3. The van der Waals surface area contributed by atoms with Crippen molar-refractivity contribution in [2.45, 2.75) is 30.9 Å². The fourth-order valence-electron chi connectivity index (χ4n) is 1.87. The lowest BCUT2D eigenvalue weighted by atomic mass is 9.89. The molecule has 5 heteroatoms. The Morgan fingerprint density at radius 2 is 1.85 bits per heavy atom. The molecule has 1 rings (SSSR count). The molecule has 0 aromatic carbocycles. The smallest absolute Gasteiger partial charge is 0.150 e. The van der Waals surface area contributed by atoms with Crippen LogP contribution < -0.4 is 4.84 Å². The first-order valence-corrected chi connectivity index (χ1v) is 6.89. The van der Waals surface area contributed by atoms with Crippen molar-refractivity contribution < 1.29 is 8.42 Å². The van der Waals surface area contributed by atoms with Gasteiger partial charge in [0.15, 0.2) is 0 Å². The molecule has 1 fully saturated rings. The van der Waals surface area contributed by atoms with E-state index in [0.717, 1.165) is 32.2 Å². The van der Waals surface area contributed by atoms with Gasteiger partial charge in [-0.25, -0.2) is 13.3 Å².